The van der Waals surface area contributed by atoms with E-state index in [4.69, 9.17) is 4.74 Å². The van der Waals surface area contributed by atoms with Crippen molar-refractivity contribution in [2.45, 2.75) is 56.6 Å². The predicted octanol–water partition coefficient (Wildman–Crippen LogP) is 3.41. The maximum atomic E-state index is 10.4. The van der Waals surface area contributed by atoms with E-state index in [1.807, 2.05) is 0 Å². The SMILES string of the molecule is OC1(Cc2ccc(C=C3CCN(C4CCC4)CC3)cc2)CCOC1. The summed E-state index contributed by atoms with van der Waals surface area (Å²) in [5.41, 5.74) is 3.42. The first-order chi connectivity index (χ1) is 11.7. The van der Waals surface area contributed by atoms with Gasteiger partial charge in [-0.25, -0.2) is 0 Å². The Morgan fingerprint density at radius 2 is 1.92 bits per heavy atom. The summed E-state index contributed by atoms with van der Waals surface area (Å²) in [5.74, 6) is 0. The van der Waals surface area contributed by atoms with Gasteiger partial charge in [0.2, 0.25) is 0 Å². The highest BCUT2D eigenvalue weighted by Crippen LogP contribution is 2.29. The molecule has 1 N–H and O–H groups in total. The lowest BCUT2D eigenvalue weighted by Gasteiger charge is -2.40. The first kappa shape index (κ1) is 16.3. The third kappa shape index (κ3) is 3.74. The van der Waals surface area contributed by atoms with E-state index in [1.165, 1.54) is 56.3 Å². The third-order valence-electron chi connectivity index (χ3n) is 6.00. The van der Waals surface area contributed by atoms with Crippen LogP contribution in [-0.2, 0) is 11.2 Å². The molecular weight excluding hydrogens is 298 g/mol. The van der Waals surface area contributed by atoms with Crippen molar-refractivity contribution in [2.24, 2.45) is 0 Å². The van der Waals surface area contributed by atoms with E-state index in [0.29, 0.717) is 19.6 Å². The third-order valence-corrected chi connectivity index (χ3v) is 6.00. The van der Waals surface area contributed by atoms with Crippen LogP contribution in [-0.4, -0.2) is 48.0 Å². The molecule has 1 aromatic carbocycles. The van der Waals surface area contributed by atoms with Crippen LogP contribution in [0.2, 0.25) is 0 Å². The largest absolute Gasteiger partial charge is 0.387 e. The molecule has 3 fully saturated rings. The Morgan fingerprint density at radius 3 is 2.50 bits per heavy atom. The minimum atomic E-state index is -0.658. The highest BCUT2D eigenvalue weighted by molar-refractivity contribution is 5.53. The number of nitrogens with zero attached hydrogens (tertiary/aromatic N) is 1. The number of ether oxygens (including phenoxy) is 1. The van der Waals surface area contributed by atoms with Gasteiger partial charge in [0.1, 0.15) is 0 Å². The second kappa shape index (κ2) is 6.99. The topological polar surface area (TPSA) is 32.7 Å². The molecule has 24 heavy (non-hydrogen) atoms. The maximum absolute atomic E-state index is 10.4. The fourth-order valence-electron chi connectivity index (χ4n) is 4.16. The molecule has 3 heteroatoms. The number of benzene rings is 1. The summed E-state index contributed by atoms with van der Waals surface area (Å²) in [7, 11) is 0. The zero-order valence-corrected chi connectivity index (χ0v) is 14.5. The second-order valence-corrected chi connectivity index (χ2v) is 7.87. The summed E-state index contributed by atoms with van der Waals surface area (Å²) in [6, 6.07) is 9.59. The van der Waals surface area contributed by atoms with Crippen molar-refractivity contribution in [2.75, 3.05) is 26.3 Å². The summed E-state index contributed by atoms with van der Waals surface area (Å²) in [6.07, 6.45) is 10.5. The first-order valence-corrected chi connectivity index (χ1v) is 9.53. The number of hydrogen-bond acceptors (Lipinski definition) is 3. The van der Waals surface area contributed by atoms with Gasteiger partial charge in [0.15, 0.2) is 0 Å². The lowest BCUT2D eigenvalue weighted by Crippen LogP contribution is -2.43. The van der Waals surface area contributed by atoms with Crippen molar-refractivity contribution in [3.05, 3.63) is 41.0 Å². The molecule has 2 saturated heterocycles. The lowest BCUT2D eigenvalue weighted by molar-refractivity contribution is 0.0270. The summed E-state index contributed by atoms with van der Waals surface area (Å²) in [4.78, 5) is 2.69. The summed E-state index contributed by atoms with van der Waals surface area (Å²) in [5, 5.41) is 10.4. The minimum absolute atomic E-state index is 0.469. The van der Waals surface area contributed by atoms with Crippen LogP contribution in [0.4, 0.5) is 0 Å². The van der Waals surface area contributed by atoms with Gasteiger partial charge in [-0.1, -0.05) is 42.3 Å². The van der Waals surface area contributed by atoms with E-state index < -0.39 is 5.60 Å². The Kier molecular flexibility index (Phi) is 4.75. The maximum Gasteiger partial charge on any atom is 0.0942 e. The van der Waals surface area contributed by atoms with Crippen molar-refractivity contribution >= 4 is 6.08 Å². The molecule has 3 aliphatic rings. The van der Waals surface area contributed by atoms with Gasteiger partial charge in [-0.05, 0) is 36.8 Å². The van der Waals surface area contributed by atoms with E-state index in [1.54, 1.807) is 5.57 Å². The monoisotopic (exact) mass is 327 g/mol. The Balaban J connectivity index is 1.33. The molecule has 1 aliphatic carbocycles. The molecule has 3 nitrogen and oxygen atoms in total. The van der Waals surface area contributed by atoms with Gasteiger partial charge in [-0.2, -0.15) is 0 Å². The van der Waals surface area contributed by atoms with Gasteiger partial charge >= 0.3 is 0 Å². The van der Waals surface area contributed by atoms with Crippen LogP contribution in [0.3, 0.4) is 0 Å². The summed E-state index contributed by atoms with van der Waals surface area (Å²) < 4.78 is 5.33. The van der Waals surface area contributed by atoms with Gasteiger partial charge in [-0.3, -0.25) is 4.90 Å². The zero-order chi connectivity index (χ0) is 16.4. The van der Waals surface area contributed by atoms with Crippen LogP contribution < -0.4 is 0 Å². The molecule has 1 saturated carbocycles. The van der Waals surface area contributed by atoms with Crippen LogP contribution in [0.25, 0.3) is 6.08 Å². The molecule has 0 amide bonds. The van der Waals surface area contributed by atoms with Crippen LogP contribution >= 0.6 is 0 Å². The second-order valence-electron chi connectivity index (χ2n) is 7.87. The van der Waals surface area contributed by atoms with Gasteiger partial charge in [0.05, 0.1) is 12.2 Å². The van der Waals surface area contributed by atoms with Gasteiger partial charge in [0, 0.05) is 38.6 Å². The van der Waals surface area contributed by atoms with E-state index >= 15 is 0 Å². The fraction of sp³-hybridized carbons (Fsp3) is 0.619. The van der Waals surface area contributed by atoms with E-state index in [0.717, 1.165) is 12.5 Å². The Bertz CT molecular complexity index is 572. The quantitative estimate of drug-likeness (QED) is 0.920. The number of rotatable bonds is 4. The fourth-order valence-corrected chi connectivity index (χ4v) is 4.16. The molecule has 0 radical (unpaired) electrons. The van der Waals surface area contributed by atoms with Crippen LogP contribution in [0, 0.1) is 0 Å². The molecular formula is C21H29NO2. The molecule has 4 rings (SSSR count). The van der Waals surface area contributed by atoms with Crippen LogP contribution in [0.1, 0.15) is 49.7 Å². The predicted molar refractivity (Wildman–Crippen MR) is 97.0 cm³/mol. The number of aliphatic hydroxyl groups is 1. The number of likely N-dealkylation sites (tertiary alicyclic amines) is 1. The molecule has 2 aliphatic heterocycles. The molecule has 0 aromatic heterocycles. The highest BCUT2D eigenvalue weighted by Gasteiger charge is 2.32. The molecule has 0 bridgehead atoms. The highest BCUT2D eigenvalue weighted by atomic mass is 16.5. The zero-order valence-electron chi connectivity index (χ0n) is 14.5. The normalized spacial score (nSPS) is 28.8. The molecule has 130 valence electrons. The summed E-state index contributed by atoms with van der Waals surface area (Å²) >= 11 is 0. The van der Waals surface area contributed by atoms with Crippen molar-refractivity contribution in [1.29, 1.82) is 0 Å². The number of piperidine rings is 1. The van der Waals surface area contributed by atoms with Gasteiger partial charge in [0.25, 0.3) is 0 Å². The van der Waals surface area contributed by atoms with E-state index in [2.05, 4.69) is 35.2 Å². The Hall–Kier alpha value is -1.16. The Labute approximate surface area is 145 Å². The molecule has 2 heterocycles. The average molecular weight is 327 g/mol. The van der Waals surface area contributed by atoms with Crippen molar-refractivity contribution in [3.63, 3.8) is 0 Å². The van der Waals surface area contributed by atoms with Crippen LogP contribution in [0.15, 0.2) is 29.8 Å². The lowest BCUT2D eigenvalue weighted by atomic mass is 9.89. The molecule has 1 unspecified atom stereocenters. The summed E-state index contributed by atoms with van der Waals surface area (Å²) in [6.45, 7) is 3.62. The van der Waals surface area contributed by atoms with Crippen molar-refractivity contribution in [3.8, 4) is 0 Å². The van der Waals surface area contributed by atoms with E-state index in [-0.39, 0.29) is 0 Å². The van der Waals surface area contributed by atoms with Gasteiger partial charge < -0.3 is 9.84 Å². The van der Waals surface area contributed by atoms with Gasteiger partial charge in [-0.15, -0.1) is 0 Å². The average Bonchev–Trinajstić information content (AvgIpc) is 2.96. The van der Waals surface area contributed by atoms with E-state index in [9.17, 15) is 5.11 Å². The smallest absolute Gasteiger partial charge is 0.0942 e. The van der Waals surface area contributed by atoms with Crippen molar-refractivity contribution < 1.29 is 9.84 Å². The standard InChI is InChI=1S/C21H29NO2/c23-21(10-13-24-16-21)15-19-6-4-17(5-7-19)14-18-8-11-22(12-9-18)20-2-1-3-20/h4-7,14,20,23H,1-3,8-13,15-16H2. The minimum Gasteiger partial charge on any atom is -0.387 e. The Morgan fingerprint density at radius 1 is 1.17 bits per heavy atom. The molecule has 1 aromatic rings. The first-order valence-electron chi connectivity index (χ1n) is 9.53. The van der Waals surface area contributed by atoms with Crippen molar-refractivity contribution in [1.82, 2.24) is 4.90 Å². The molecule has 1 atom stereocenters. The number of hydrogen-bond donors (Lipinski definition) is 1. The molecule has 0 spiro atoms. The van der Waals surface area contributed by atoms with Crippen LogP contribution in [0.5, 0.6) is 0 Å².